The Labute approximate surface area is 118 Å². The van der Waals surface area contributed by atoms with Gasteiger partial charge in [0.1, 0.15) is 0 Å². The Morgan fingerprint density at radius 1 is 1.15 bits per heavy atom. The zero-order chi connectivity index (χ0) is 14.7. The molecule has 2 aliphatic rings. The molecule has 20 heavy (non-hydrogen) atoms. The SMILES string of the molecule is C=C1C=CC(=O)N1CCCC(C)CC1C(=O)C=CC1=O. The van der Waals surface area contributed by atoms with Crippen LogP contribution in [0.3, 0.4) is 0 Å². The molecule has 0 radical (unpaired) electrons. The predicted molar refractivity (Wildman–Crippen MR) is 75.7 cm³/mol. The molecule has 1 amide bonds. The number of rotatable bonds is 6. The summed E-state index contributed by atoms with van der Waals surface area (Å²) in [6.07, 6.45) is 8.30. The van der Waals surface area contributed by atoms with Gasteiger partial charge in [-0.3, -0.25) is 14.4 Å². The van der Waals surface area contributed by atoms with E-state index in [2.05, 4.69) is 6.58 Å². The average Bonchev–Trinajstić information content (AvgIpc) is 2.88. The molecule has 0 saturated heterocycles. The molecule has 4 nitrogen and oxygen atoms in total. The Morgan fingerprint density at radius 2 is 1.80 bits per heavy atom. The summed E-state index contributed by atoms with van der Waals surface area (Å²) in [5.74, 6) is -0.363. The summed E-state index contributed by atoms with van der Waals surface area (Å²) in [6, 6.07) is 0. The Bertz CT molecular complexity index is 480. The molecule has 0 N–H and O–H groups in total. The minimum Gasteiger partial charge on any atom is -0.309 e. The number of allylic oxidation sites excluding steroid dienone is 3. The van der Waals surface area contributed by atoms with Crippen LogP contribution in [0.1, 0.15) is 26.2 Å². The summed E-state index contributed by atoms with van der Waals surface area (Å²) in [5.41, 5.74) is 0.730. The van der Waals surface area contributed by atoms with E-state index < -0.39 is 5.92 Å². The molecule has 1 aliphatic carbocycles. The third kappa shape index (κ3) is 3.13. The van der Waals surface area contributed by atoms with Gasteiger partial charge in [0, 0.05) is 18.3 Å². The fourth-order valence-electron chi connectivity index (χ4n) is 2.63. The lowest BCUT2D eigenvalue weighted by Gasteiger charge is -2.19. The smallest absolute Gasteiger partial charge is 0.251 e. The maximum absolute atomic E-state index is 11.5. The topological polar surface area (TPSA) is 54.5 Å². The van der Waals surface area contributed by atoms with Crippen molar-refractivity contribution in [3.63, 3.8) is 0 Å². The standard InChI is InChI=1S/C16H19NO3/c1-11(10-13-14(18)6-7-15(13)19)4-3-9-17-12(2)5-8-16(17)20/h5-8,11,13H,2-4,9-10H2,1H3. The van der Waals surface area contributed by atoms with E-state index in [1.807, 2.05) is 6.92 Å². The van der Waals surface area contributed by atoms with Gasteiger partial charge in [0.2, 0.25) is 0 Å². The highest BCUT2D eigenvalue weighted by atomic mass is 16.2. The number of hydrogen-bond acceptors (Lipinski definition) is 3. The largest absolute Gasteiger partial charge is 0.309 e. The Morgan fingerprint density at radius 3 is 2.35 bits per heavy atom. The number of hydrogen-bond donors (Lipinski definition) is 0. The summed E-state index contributed by atoms with van der Waals surface area (Å²) >= 11 is 0. The fraction of sp³-hybridized carbons (Fsp3) is 0.438. The Kier molecular flexibility index (Phi) is 4.32. The van der Waals surface area contributed by atoms with Crippen molar-refractivity contribution in [2.45, 2.75) is 26.2 Å². The highest BCUT2D eigenvalue weighted by Gasteiger charge is 2.29. The average molecular weight is 273 g/mol. The van der Waals surface area contributed by atoms with Gasteiger partial charge >= 0.3 is 0 Å². The number of carbonyl (C=O) groups is 3. The third-order valence-corrected chi connectivity index (χ3v) is 3.85. The molecule has 0 aromatic rings. The van der Waals surface area contributed by atoms with Gasteiger partial charge in [-0.1, -0.05) is 13.5 Å². The monoisotopic (exact) mass is 273 g/mol. The van der Waals surface area contributed by atoms with Gasteiger partial charge in [-0.15, -0.1) is 0 Å². The van der Waals surface area contributed by atoms with Crippen LogP contribution in [-0.2, 0) is 14.4 Å². The molecule has 1 atom stereocenters. The second-order valence-corrected chi connectivity index (χ2v) is 5.49. The van der Waals surface area contributed by atoms with Gasteiger partial charge in [0.25, 0.3) is 5.91 Å². The molecule has 1 unspecified atom stereocenters. The summed E-state index contributed by atoms with van der Waals surface area (Å²) in [6.45, 7) is 6.49. The van der Waals surface area contributed by atoms with E-state index in [1.165, 1.54) is 18.2 Å². The van der Waals surface area contributed by atoms with E-state index in [9.17, 15) is 14.4 Å². The number of nitrogens with zero attached hydrogens (tertiary/aromatic N) is 1. The molecule has 0 spiro atoms. The molecule has 0 fully saturated rings. The molecule has 0 aromatic carbocycles. The van der Waals surface area contributed by atoms with E-state index in [0.717, 1.165) is 18.5 Å². The Balaban J connectivity index is 1.72. The highest BCUT2D eigenvalue weighted by Crippen LogP contribution is 2.23. The zero-order valence-electron chi connectivity index (χ0n) is 11.7. The second kappa shape index (κ2) is 5.99. The van der Waals surface area contributed by atoms with E-state index in [1.54, 1.807) is 11.0 Å². The van der Waals surface area contributed by atoms with Crippen molar-refractivity contribution < 1.29 is 14.4 Å². The number of amides is 1. The molecule has 2 rings (SSSR count). The summed E-state index contributed by atoms with van der Waals surface area (Å²) < 4.78 is 0. The van der Waals surface area contributed by atoms with Crippen molar-refractivity contribution in [3.05, 3.63) is 36.6 Å². The molecular formula is C16H19NO3. The quantitative estimate of drug-likeness (QED) is 0.696. The van der Waals surface area contributed by atoms with Gasteiger partial charge in [-0.25, -0.2) is 0 Å². The first-order valence-corrected chi connectivity index (χ1v) is 6.93. The van der Waals surface area contributed by atoms with E-state index in [-0.39, 0.29) is 23.4 Å². The van der Waals surface area contributed by atoms with Crippen molar-refractivity contribution >= 4 is 17.5 Å². The number of carbonyl (C=O) groups excluding carboxylic acids is 3. The summed E-state index contributed by atoms with van der Waals surface area (Å²) in [5, 5.41) is 0. The van der Waals surface area contributed by atoms with Crippen LogP contribution < -0.4 is 0 Å². The first-order valence-electron chi connectivity index (χ1n) is 6.93. The van der Waals surface area contributed by atoms with E-state index in [4.69, 9.17) is 0 Å². The highest BCUT2D eigenvalue weighted by molar-refractivity contribution is 6.18. The van der Waals surface area contributed by atoms with E-state index >= 15 is 0 Å². The minimum absolute atomic E-state index is 0.0204. The van der Waals surface area contributed by atoms with Crippen LogP contribution in [0.25, 0.3) is 0 Å². The maximum atomic E-state index is 11.5. The van der Waals surface area contributed by atoms with Crippen LogP contribution in [0, 0.1) is 11.8 Å². The van der Waals surface area contributed by atoms with Crippen molar-refractivity contribution in [2.24, 2.45) is 11.8 Å². The molecule has 1 aliphatic heterocycles. The molecule has 0 aromatic heterocycles. The molecule has 0 bridgehead atoms. The maximum Gasteiger partial charge on any atom is 0.251 e. The lowest BCUT2D eigenvalue weighted by Crippen LogP contribution is -2.25. The molecule has 106 valence electrons. The first-order chi connectivity index (χ1) is 9.49. The third-order valence-electron chi connectivity index (χ3n) is 3.85. The van der Waals surface area contributed by atoms with Crippen LogP contribution in [0.5, 0.6) is 0 Å². The van der Waals surface area contributed by atoms with E-state index in [0.29, 0.717) is 13.0 Å². The second-order valence-electron chi connectivity index (χ2n) is 5.49. The molecule has 0 saturated carbocycles. The Hall–Kier alpha value is -1.97. The van der Waals surface area contributed by atoms with Crippen LogP contribution >= 0.6 is 0 Å². The van der Waals surface area contributed by atoms with Gasteiger partial charge in [0.15, 0.2) is 11.6 Å². The normalized spacial score (nSPS) is 20.6. The predicted octanol–water partition coefficient (Wildman–Crippen LogP) is 2.03. The summed E-state index contributed by atoms with van der Waals surface area (Å²) in [4.78, 5) is 36.2. The van der Waals surface area contributed by atoms with Crippen LogP contribution in [0.15, 0.2) is 36.6 Å². The van der Waals surface area contributed by atoms with Crippen molar-refractivity contribution in [1.82, 2.24) is 4.90 Å². The van der Waals surface area contributed by atoms with Gasteiger partial charge in [-0.2, -0.15) is 0 Å². The van der Waals surface area contributed by atoms with Crippen molar-refractivity contribution in [3.8, 4) is 0 Å². The number of ketones is 2. The van der Waals surface area contributed by atoms with Crippen molar-refractivity contribution in [1.29, 1.82) is 0 Å². The summed E-state index contributed by atoms with van der Waals surface area (Å²) in [7, 11) is 0. The molecule has 1 heterocycles. The lowest BCUT2D eigenvalue weighted by atomic mass is 9.90. The van der Waals surface area contributed by atoms with Gasteiger partial charge in [-0.05, 0) is 43.4 Å². The lowest BCUT2D eigenvalue weighted by molar-refractivity contribution is -0.126. The first kappa shape index (κ1) is 14.4. The molecule has 4 heteroatoms. The van der Waals surface area contributed by atoms with Gasteiger partial charge < -0.3 is 4.90 Å². The molecular weight excluding hydrogens is 254 g/mol. The van der Waals surface area contributed by atoms with Crippen molar-refractivity contribution in [2.75, 3.05) is 6.54 Å². The van der Waals surface area contributed by atoms with Crippen LogP contribution in [0.4, 0.5) is 0 Å². The fourth-order valence-corrected chi connectivity index (χ4v) is 2.63. The van der Waals surface area contributed by atoms with Crippen LogP contribution in [0.2, 0.25) is 0 Å². The zero-order valence-corrected chi connectivity index (χ0v) is 11.7. The van der Waals surface area contributed by atoms with Gasteiger partial charge in [0.05, 0.1) is 5.92 Å². The minimum atomic E-state index is -0.477. The van der Waals surface area contributed by atoms with Crippen LogP contribution in [-0.4, -0.2) is 28.9 Å².